The van der Waals surface area contributed by atoms with Crippen LogP contribution < -0.4 is 5.32 Å². The van der Waals surface area contributed by atoms with Gasteiger partial charge in [0.05, 0.1) is 13.2 Å². The highest BCUT2D eigenvalue weighted by molar-refractivity contribution is 5.13. The molecule has 1 aliphatic rings. The summed E-state index contributed by atoms with van der Waals surface area (Å²) in [5.74, 6) is 0.711. The van der Waals surface area contributed by atoms with Gasteiger partial charge in [0.25, 0.3) is 0 Å². The van der Waals surface area contributed by atoms with E-state index in [9.17, 15) is 0 Å². The molecule has 1 aliphatic heterocycles. The molecule has 82 valence electrons. The molecule has 0 unspecified atom stereocenters. The summed E-state index contributed by atoms with van der Waals surface area (Å²) in [6.07, 6.45) is 2.60. The van der Waals surface area contributed by atoms with Gasteiger partial charge in [-0.1, -0.05) is 30.3 Å². The van der Waals surface area contributed by atoms with Crippen LogP contribution in [-0.4, -0.2) is 19.7 Å². The molecule has 2 nitrogen and oxygen atoms in total. The Kier molecular flexibility index (Phi) is 4.18. The summed E-state index contributed by atoms with van der Waals surface area (Å²) in [6, 6.07) is 10.4. The number of benzene rings is 1. The van der Waals surface area contributed by atoms with Gasteiger partial charge in [-0.2, -0.15) is 0 Å². The van der Waals surface area contributed by atoms with Crippen LogP contribution in [0.25, 0.3) is 0 Å². The molecule has 1 aromatic carbocycles. The van der Waals surface area contributed by atoms with Crippen LogP contribution in [0.2, 0.25) is 0 Å². The SMILES string of the molecule is c1ccc(COC[C@@H]2CCCNC2)cc1. The number of rotatable bonds is 4. The number of nitrogens with one attached hydrogen (secondary N) is 1. The largest absolute Gasteiger partial charge is 0.376 e. The molecule has 2 rings (SSSR count). The fourth-order valence-electron chi connectivity index (χ4n) is 1.98. The van der Waals surface area contributed by atoms with Crippen LogP contribution >= 0.6 is 0 Å². The van der Waals surface area contributed by atoms with Gasteiger partial charge in [-0.25, -0.2) is 0 Å². The third kappa shape index (κ3) is 3.65. The lowest BCUT2D eigenvalue weighted by Crippen LogP contribution is -2.32. The van der Waals surface area contributed by atoms with Crippen molar-refractivity contribution < 1.29 is 4.74 Å². The first-order chi connectivity index (χ1) is 7.45. The maximum absolute atomic E-state index is 5.72. The minimum absolute atomic E-state index is 0.711. The highest BCUT2D eigenvalue weighted by Crippen LogP contribution is 2.11. The Balaban J connectivity index is 1.66. The monoisotopic (exact) mass is 205 g/mol. The molecule has 2 heteroatoms. The Bertz CT molecular complexity index is 267. The molecule has 1 N–H and O–H groups in total. The first-order valence-corrected chi connectivity index (χ1v) is 5.77. The van der Waals surface area contributed by atoms with Crippen LogP contribution in [0.5, 0.6) is 0 Å². The van der Waals surface area contributed by atoms with E-state index in [1.165, 1.54) is 24.9 Å². The van der Waals surface area contributed by atoms with Crippen LogP contribution in [0.15, 0.2) is 30.3 Å². The molecule has 0 spiro atoms. The van der Waals surface area contributed by atoms with E-state index in [0.29, 0.717) is 5.92 Å². The lowest BCUT2D eigenvalue weighted by molar-refractivity contribution is 0.0783. The summed E-state index contributed by atoms with van der Waals surface area (Å²) in [5, 5.41) is 3.40. The number of hydrogen-bond acceptors (Lipinski definition) is 2. The van der Waals surface area contributed by atoms with Crippen molar-refractivity contribution >= 4 is 0 Å². The van der Waals surface area contributed by atoms with Gasteiger partial charge in [0.1, 0.15) is 0 Å². The third-order valence-electron chi connectivity index (χ3n) is 2.86. The predicted molar refractivity (Wildman–Crippen MR) is 61.7 cm³/mol. The van der Waals surface area contributed by atoms with E-state index in [0.717, 1.165) is 19.8 Å². The van der Waals surface area contributed by atoms with Crippen molar-refractivity contribution in [3.8, 4) is 0 Å². The van der Waals surface area contributed by atoms with Crippen molar-refractivity contribution in [3.63, 3.8) is 0 Å². The molecular formula is C13H19NO. The quantitative estimate of drug-likeness (QED) is 0.813. The van der Waals surface area contributed by atoms with Crippen molar-refractivity contribution in [2.75, 3.05) is 19.7 Å². The van der Waals surface area contributed by atoms with Crippen LogP contribution in [0, 0.1) is 5.92 Å². The molecular weight excluding hydrogens is 186 g/mol. The summed E-state index contributed by atoms with van der Waals surface area (Å²) in [5.41, 5.74) is 1.27. The second-order valence-electron chi connectivity index (χ2n) is 4.21. The second-order valence-corrected chi connectivity index (χ2v) is 4.21. The molecule has 1 heterocycles. The molecule has 15 heavy (non-hydrogen) atoms. The topological polar surface area (TPSA) is 21.3 Å². The summed E-state index contributed by atoms with van der Waals surface area (Å²) >= 11 is 0. The molecule has 0 aliphatic carbocycles. The number of piperidine rings is 1. The average molecular weight is 205 g/mol. The van der Waals surface area contributed by atoms with Gasteiger partial charge in [0, 0.05) is 6.54 Å². The maximum atomic E-state index is 5.72. The van der Waals surface area contributed by atoms with Gasteiger partial charge in [-0.05, 0) is 30.9 Å². The summed E-state index contributed by atoms with van der Waals surface area (Å²) in [6.45, 7) is 3.93. The van der Waals surface area contributed by atoms with Gasteiger partial charge < -0.3 is 10.1 Å². The van der Waals surface area contributed by atoms with E-state index < -0.39 is 0 Å². The van der Waals surface area contributed by atoms with Crippen molar-refractivity contribution in [3.05, 3.63) is 35.9 Å². The molecule has 1 atom stereocenters. The first kappa shape index (κ1) is 10.7. The van der Waals surface area contributed by atoms with Gasteiger partial charge in [-0.15, -0.1) is 0 Å². The molecule has 1 fully saturated rings. The van der Waals surface area contributed by atoms with E-state index in [1.54, 1.807) is 0 Å². The van der Waals surface area contributed by atoms with E-state index in [4.69, 9.17) is 4.74 Å². The second kappa shape index (κ2) is 5.89. The Morgan fingerprint density at radius 2 is 2.13 bits per heavy atom. The standard InChI is InChI=1S/C13H19NO/c1-2-5-12(6-3-1)10-15-11-13-7-4-8-14-9-13/h1-3,5-6,13-14H,4,7-11H2/t13-/m1/s1. The molecule has 0 saturated carbocycles. The highest BCUT2D eigenvalue weighted by Gasteiger charge is 2.12. The van der Waals surface area contributed by atoms with Gasteiger partial charge in [-0.3, -0.25) is 0 Å². The van der Waals surface area contributed by atoms with Crippen molar-refractivity contribution in [2.24, 2.45) is 5.92 Å². The zero-order chi connectivity index (χ0) is 10.3. The van der Waals surface area contributed by atoms with E-state index >= 15 is 0 Å². The zero-order valence-electron chi connectivity index (χ0n) is 9.11. The molecule has 1 saturated heterocycles. The van der Waals surface area contributed by atoms with Gasteiger partial charge in [0.15, 0.2) is 0 Å². The van der Waals surface area contributed by atoms with Crippen LogP contribution in [0.3, 0.4) is 0 Å². The number of hydrogen-bond donors (Lipinski definition) is 1. The Labute approximate surface area is 91.6 Å². The first-order valence-electron chi connectivity index (χ1n) is 5.77. The molecule has 0 amide bonds. The Morgan fingerprint density at radius 3 is 2.87 bits per heavy atom. The van der Waals surface area contributed by atoms with E-state index in [1.807, 2.05) is 6.07 Å². The average Bonchev–Trinajstić information content (AvgIpc) is 2.32. The van der Waals surface area contributed by atoms with E-state index in [2.05, 4.69) is 29.6 Å². The smallest absolute Gasteiger partial charge is 0.0717 e. The van der Waals surface area contributed by atoms with Gasteiger partial charge in [0.2, 0.25) is 0 Å². The van der Waals surface area contributed by atoms with E-state index in [-0.39, 0.29) is 0 Å². The van der Waals surface area contributed by atoms with Crippen LogP contribution in [-0.2, 0) is 11.3 Å². The predicted octanol–water partition coefficient (Wildman–Crippen LogP) is 2.20. The van der Waals surface area contributed by atoms with Crippen molar-refractivity contribution in [1.29, 1.82) is 0 Å². The minimum atomic E-state index is 0.711. The van der Waals surface area contributed by atoms with Crippen molar-refractivity contribution in [2.45, 2.75) is 19.4 Å². The summed E-state index contributed by atoms with van der Waals surface area (Å²) in [7, 11) is 0. The Morgan fingerprint density at radius 1 is 1.27 bits per heavy atom. The van der Waals surface area contributed by atoms with Gasteiger partial charge >= 0.3 is 0 Å². The number of ether oxygens (including phenoxy) is 1. The molecule has 0 radical (unpaired) electrons. The molecule has 1 aromatic rings. The fourth-order valence-corrected chi connectivity index (χ4v) is 1.98. The lowest BCUT2D eigenvalue weighted by atomic mass is 10.0. The zero-order valence-corrected chi connectivity index (χ0v) is 9.11. The summed E-state index contributed by atoms with van der Waals surface area (Å²) in [4.78, 5) is 0. The third-order valence-corrected chi connectivity index (χ3v) is 2.86. The van der Waals surface area contributed by atoms with Crippen LogP contribution in [0.4, 0.5) is 0 Å². The van der Waals surface area contributed by atoms with Crippen molar-refractivity contribution in [1.82, 2.24) is 5.32 Å². The molecule has 0 bridgehead atoms. The Hall–Kier alpha value is -0.860. The highest BCUT2D eigenvalue weighted by atomic mass is 16.5. The molecule has 0 aromatic heterocycles. The summed E-state index contributed by atoms with van der Waals surface area (Å²) < 4.78 is 5.72. The van der Waals surface area contributed by atoms with Crippen LogP contribution in [0.1, 0.15) is 18.4 Å². The lowest BCUT2D eigenvalue weighted by Gasteiger charge is -2.22. The maximum Gasteiger partial charge on any atom is 0.0717 e. The normalized spacial score (nSPS) is 21.5. The fraction of sp³-hybridized carbons (Fsp3) is 0.538. The minimum Gasteiger partial charge on any atom is -0.376 e.